The minimum atomic E-state index is -5.26. The zero-order valence-electron chi connectivity index (χ0n) is 15.9. The summed E-state index contributed by atoms with van der Waals surface area (Å²) in [6.07, 6.45) is -3.39. The second kappa shape index (κ2) is 7.24. The number of rotatable bonds is 4. The number of alkyl halides is 3. The first-order chi connectivity index (χ1) is 14.6. The molecule has 1 amide bonds. The summed E-state index contributed by atoms with van der Waals surface area (Å²) in [5, 5.41) is 21.2. The number of carbonyl (C=O) groups is 2. The molecule has 31 heavy (non-hydrogen) atoms. The van der Waals surface area contributed by atoms with Crippen molar-refractivity contribution in [3.8, 4) is 0 Å². The minimum absolute atomic E-state index is 0.0780. The van der Waals surface area contributed by atoms with Gasteiger partial charge >= 0.3 is 12.1 Å². The molecule has 0 spiro atoms. The molecule has 0 aliphatic carbocycles. The van der Waals surface area contributed by atoms with Gasteiger partial charge in [0.05, 0.1) is 12.2 Å². The SMILES string of the molecule is O=C(O)C=Cc1cccc2c1N(Cc1ccc3ccccc3c1)C(=O)C2(O)C(F)(F)F. The number of fused-ring (bicyclic) bond motifs is 2. The summed E-state index contributed by atoms with van der Waals surface area (Å²) >= 11 is 0. The molecule has 1 aliphatic heterocycles. The van der Waals surface area contributed by atoms with E-state index < -0.39 is 29.2 Å². The third kappa shape index (κ3) is 3.34. The van der Waals surface area contributed by atoms with E-state index >= 15 is 0 Å². The van der Waals surface area contributed by atoms with Gasteiger partial charge in [-0.05, 0) is 34.0 Å². The lowest BCUT2D eigenvalue weighted by atomic mass is 9.93. The Hall–Kier alpha value is -3.65. The number of aliphatic hydroxyl groups is 1. The number of amides is 1. The summed E-state index contributed by atoms with van der Waals surface area (Å²) in [7, 11) is 0. The van der Waals surface area contributed by atoms with Gasteiger partial charge in [0.25, 0.3) is 11.5 Å². The van der Waals surface area contributed by atoms with E-state index in [4.69, 9.17) is 5.11 Å². The highest BCUT2D eigenvalue weighted by Gasteiger charge is 2.66. The number of hydrogen-bond acceptors (Lipinski definition) is 3. The maximum atomic E-state index is 13.8. The molecule has 1 unspecified atom stereocenters. The number of para-hydroxylation sites is 1. The van der Waals surface area contributed by atoms with Gasteiger partial charge in [-0.25, -0.2) is 4.79 Å². The van der Waals surface area contributed by atoms with Crippen LogP contribution in [0, 0.1) is 0 Å². The molecule has 0 radical (unpaired) electrons. The van der Waals surface area contributed by atoms with Crippen molar-refractivity contribution in [2.75, 3.05) is 4.90 Å². The van der Waals surface area contributed by atoms with Gasteiger partial charge in [-0.2, -0.15) is 13.2 Å². The van der Waals surface area contributed by atoms with Crippen LogP contribution in [0.2, 0.25) is 0 Å². The zero-order chi connectivity index (χ0) is 22.4. The minimum Gasteiger partial charge on any atom is -0.478 e. The van der Waals surface area contributed by atoms with Crippen LogP contribution in [-0.2, 0) is 21.7 Å². The molecule has 0 aromatic heterocycles. The summed E-state index contributed by atoms with van der Waals surface area (Å²) in [6.45, 7) is -0.229. The van der Waals surface area contributed by atoms with E-state index in [2.05, 4.69) is 0 Å². The predicted octanol–water partition coefficient (Wildman–Crippen LogP) is 4.23. The average molecular weight is 427 g/mol. The van der Waals surface area contributed by atoms with E-state index in [1.54, 1.807) is 18.2 Å². The molecule has 3 aromatic carbocycles. The van der Waals surface area contributed by atoms with Gasteiger partial charge in [0.15, 0.2) is 0 Å². The number of aliphatic carboxylic acids is 1. The van der Waals surface area contributed by atoms with Crippen LogP contribution in [0.3, 0.4) is 0 Å². The molecule has 1 atom stereocenters. The zero-order valence-corrected chi connectivity index (χ0v) is 15.9. The van der Waals surface area contributed by atoms with E-state index in [1.165, 1.54) is 12.1 Å². The molecule has 0 fully saturated rings. The molecule has 8 heteroatoms. The highest BCUT2D eigenvalue weighted by Crippen LogP contribution is 2.51. The average Bonchev–Trinajstić information content (AvgIpc) is 2.95. The van der Waals surface area contributed by atoms with Crippen LogP contribution in [0.5, 0.6) is 0 Å². The molecule has 0 saturated heterocycles. The largest absolute Gasteiger partial charge is 0.478 e. The standard InChI is InChI=1S/C23H16F3NO4/c24-23(25,26)22(31)18-7-3-6-16(10-11-19(28)29)20(18)27(21(22)30)13-14-8-9-15-4-1-2-5-17(15)12-14/h1-12,31H,13H2,(H,28,29). The summed E-state index contributed by atoms with van der Waals surface area (Å²) in [5.74, 6) is -2.83. The first kappa shape index (κ1) is 20.6. The second-order valence-corrected chi connectivity index (χ2v) is 7.20. The van der Waals surface area contributed by atoms with E-state index in [1.807, 2.05) is 24.3 Å². The second-order valence-electron chi connectivity index (χ2n) is 7.20. The van der Waals surface area contributed by atoms with Crippen molar-refractivity contribution in [3.05, 3.63) is 83.4 Å². The van der Waals surface area contributed by atoms with Crippen molar-refractivity contribution in [1.29, 1.82) is 0 Å². The number of carbonyl (C=O) groups excluding carboxylic acids is 1. The molecule has 4 rings (SSSR count). The van der Waals surface area contributed by atoms with Gasteiger partial charge in [-0.3, -0.25) is 4.79 Å². The lowest BCUT2D eigenvalue weighted by Crippen LogP contribution is -2.50. The van der Waals surface area contributed by atoms with Gasteiger partial charge in [-0.1, -0.05) is 54.6 Å². The third-order valence-corrected chi connectivity index (χ3v) is 5.25. The van der Waals surface area contributed by atoms with Crippen molar-refractivity contribution >= 4 is 34.4 Å². The van der Waals surface area contributed by atoms with Crippen LogP contribution in [0.1, 0.15) is 16.7 Å². The number of halogens is 3. The first-order valence-corrected chi connectivity index (χ1v) is 9.26. The number of carboxylic acid groups (broad SMARTS) is 1. The Balaban J connectivity index is 1.86. The van der Waals surface area contributed by atoms with Gasteiger partial charge < -0.3 is 15.1 Å². The number of hydrogen-bond donors (Lipinski definition) is 2. The molecular weight excluding hydrogens is 411 g/mol. The Morgan fingerprint density at radius 3 is 2.42 bits per heavy atom. The lowest BCUT2D eigenvalue weighted by Gasteiger charge is -2.25. The molecule has 158 valence electrons. The van der Waals surface area contributed by atoms with Crippen molar-refractivity contribution in [1.82, 2.24) is 0 Å². The molecule has 1 heterocycles. The molecule has 2 N–H and O–H groups in total. The van der Waals surface area contributed by atoms with Crippen molar-refractivity contribution in [2.24, 2.45) is 0 Å². The van der Waals surface area contributed by atoms with Crippen LogP contribution in [-0.4, -0.2) is 28.3 Å². The summed E-state index contributed by atoms with van der Waals surface area (Å²) in [4.78, 5) is 24.7. The molecule has 0 bridgehead atoms. The van der Waals surface area contributed by atoms with E-state index in [0.29, 0.717) is 5.56 Å². The van der Waals surface area contributed by atoms with Gasteiger partial charge in [-0.15, -0.1) is 0 Å². The topological polar surface area (TPSA) is 77.8 Å². The fourth-order valence-electron chi connectivity index (χ4n) is 3.81. The molecule has 1 aliphatic rings. The van der Waals surface area contributed by atoms with Crippen LogP contribution >= 0.6 is 0 Å². The van der Waals surface area contributed by atoms with Crippen LogP contribution in [0.25, 0.3) is 16.8 Å². The lowest BCUT2D eigenvalue weighted by molar-refractivity contribution is -0.253. The van der Waals surface area contributed by atoms with Gasteiger partial charge in [0, 0.05) is 11.6 Å². The third-order valence-electron chi connectivity index (χ3n) is 5.25. The Morgan fingerprint density at radius 1 is 1.03 bits per heavy atom. The smallest absolute Gasteiger partial charge is 0.430 e. The van der Waals surface area contributed by atoms with E-state index in [9.17, 15) is 27.9 Å². The summed E-state index contributed by atoms with van der Waals surface area (Å²) < 4.78 is 41.5. The van der Waals surface area contributed by atoms with E-state index in [-0.39, 0.29) is 17.8 Å². The summed E-state index contributed by atoms with van der Waals surface area (Å²) in [6, 6.07) is 16.3. The highest BCUT2D eigenvalue weighted by atomic mass is 19.4. The Morgan fingerprint density at radius 2 is 1.74 bits per heavy atom. The monoisotopic (exact) mass is 427 g/mol. The predicted molar refractivity (Wildman–Crippen MR) is 108 cm³/mol. The Kier molecular flexibility index (Phi) is 4.82. The fourth-order valence-corrected chi connectivity index (χ4v) is 3.81. The maximum absolute atomic E-state index is 13.8. The number of anilines is 1. The molecule has 0 saturated carbocycles. The Labute approximate surface area is 174 Å². The van der Waals surface area contributed by atoms with Crippen molar-refractivity contribution in [2.45, 2.75) is 18.3 Å². The first-order valence-electron chi connectivity index (χ1n) is 9.26. The van der Waals surface area contributed by atoms with Crippen molar-refractivity contribution in [3.63, 3.8) is 0 Å². The van der Waals surface area contributed by atoms with Crippen LogP contribution in [0.4, 0.5) is 18.9 Å². The van der Waals surface area contributed by atoms with Gasteiger partial charge in [0.2, 0.25) is 0 Å². The Bertz CT molecular complexity index is 1230. The van der Waals surface area contributed by atoms with Crippen LogP contribution in [0.15, 0.2) is 66.7 Å². The maximum Gasteiger partial charge on any atom is 0.430 e. The number of nitrogens with zero attached hydrogens (tertiary/aromatic N) is 1. The molecule has 5 nitrogen and oxygen atoms in total. The molecular formula is C23H16F3NO4. The quantitative estimate of drug-likeness (QED) is 0.611. The normalized spacial score (nSPS) is 18.7. The van der Waals surface area contributed by atoms with Gasteiger partial charge in [0.1, 0.15) is 0 Å². The molecule has 3 aromatic rings. The fraction of sp³-hybridized carbons (Fsp3) is 0.130. The van der Waals surface area contributed by atoms with Crippen molar-refractivity contribution < 1.29 is 33.0 Å². The number of carboxylic acids is 1. The summed E-state index contributed by atoms with van der Waals surface area (Å²) in [5.41, 5.74) is -3.88. The highest BCUT2D eigenvalue weighted by molar-refractivity contribution is 6.09. The van der Waals surface area contributed by atoms with Crippen LogP contribution < -0.4 is 4.90 Å². The van der Waals surface area contributed by atoms with E-state index in [0.717, 1.165) is 33.9 Å². The number of benzene rings is 3.